The number of likely N-dealkylation sites (N-methyl/N-ethyl adjacent to an activating group) is 1. The van der Waals surface area contributed by atoms with E-state index in [1.807, 2.05) is 13.8 Å². The van der Waals surface area contributed by atoms with E-state index in [9.17, 15) is 13.2 Å². The van der Waals surface area contributed by atoms with Crippen molar-refractivity contribution in [3.8, 4) is 5.75 Å². The number of hydrogen-bond donors (Lipinski definition) is 2. The number of hydrogen-bond acceptors (Lipinski definition) is 4. The quantitative estimate of drug-likeness (QED) is 0.760. The summed E-state index contributed by atoms with van der Waals surface area (Å²) in [4.78, 5) is 11.6. The fraction of sp³-hybridized carbons (Fsp3) is 0.533. The summed E-state index contributed by atoms with van der Waals surface area (Å²) in [6.45, 7) is 5.46. The number of carbonyl (C=O) groups excluding carboxylic acids is 1. The van der Waals surface area contributed by atoms with Crippen LogP contribution in [0.4, 0.5) is 0 Å². The average molecular weight is 328 g/mol. The maximum Gasteiger partial charge on any atom is 0.260 e. The Labute approximate surface area is 132 Å². The van der Waals surface area contributed by atoms with Crippen molar-refractivity contribution in [1.82, 2.24) is 10.0 Å². The minimum atomic E-state index is -3.53. The summed E-state index contributed by atoms with van der Waals surface area (Å²) in [6, 6.07) is 5.90. The van der Waals surface area contributed by atoms with E-state index in [4.69, 9.17) is 4.74 Å². The Morgan fingerprint density at radius 1 is 1.23 bits per heavy atom. The molecule has 1 amide bonds. The van der Waals surface area contributed by atoms with Gasteiger partial charge in [-0.05, 0) is 44.5 Å². The Bertz CT molecular complexity index is 584. The zero-order valence-corrected chi connectivity index (χ0v) is 14.2. The molecule has 0 radical (unpaired) electrons. The number of nitrogens with one attached hydrogen (secondary N) is 2. The van der Waals surface area contributed by atoms with Crippen molar-refractivity contribution < 1.29 is 17.9 Å². The van der Waals surface area contributed by atoms with Crippen LogP contribution in [0.3, 0.4) is 0 Å². The van der Waals surface area contributed by atoms with Gasteiger partial charge in [0.05, 0.1) is 4.90 Å². The van der Waals surface area contributed by atoms with Crippen molar-refractivity contribution in [3.63, 3.8) is 0 Å². The summed E-state index contributed by atoms with van der Waals surface area (Å²) in [6.07, 6.45) is 1.05. The molecule has 7 heteroatoms. The van der Waals surface area contributed by atoms with E-state index < -0.39 is 16.1 Å². The van der Waals surface area contributed by atoms with E-state index in [1.54, 1.807) is 19.1 Å². The van der Waals surface area contributed by atoms with Gasteiger partial charge < -0.3 is 10.1 Å². The van der Waals surface area contributed by atoms with Crippen LogP contribution in [0.5, 0.6) is 5.75 Å². The molecule has 6 nitrogen and oxygen atoms in total. The fourth-order valence-corrected chi connectivity index (χ4v) is 3.26. The van der Waals surface area contributed by atoms with Crippen molar-refractivity contribution in [3.05, 3.63) is 24.3 Å². The monoisotopic (exact) mass is 328 g/mol. The normalized spacial score (nSPS) is 14.2. The molecule has 0 heterocycles. The van der Waals surface area contributed by atoms with Crippen LogP contribution in [-0.2, 0) is 14.8 Å². The largest absolute Gasteiger partial charge is 0.481 e. The molecule has 0 bridgehead atoms. The number of rotatable bonds is 8. The molecule has 0 aliphatic carbocycles. The first kappa shape index (κ1) is 18.4. The Hall–Kier alpha value is -1.60. The van der Waals surface area contributed by atoms with E-state index in [0.29, 0.717) is 5.75 Å². The zero-order valence-electron chi connectivity index (χ0n) is 13.4. The highest BCUT2D eigenvalue weighted by Crippen LogP contribution is 2.17. The topological polar surface area (TPSA) is 84.5 Å². The van der Waals surface area contributed by atoms with E-state index >= 15 is 0 Å². The van der Waals surface area contributed by atoms with Gasteiger partial charge in [0.1, 0.15) is 5.75 Å². The molecule has 1 aromatic carbocycles. The van der Waals surface area contributed by atoms with Gasteiger partial charge in [-0.25, -0.2) is 13.1 Å². The van der Waals surface area contributed by atoms with Gasteiger partial charge in [-0.15, -0.1) is 0 Å². The molecular weight excluding hydrogens is 304 g/mol. The molecule has 0 aromatic heterocycles. The Kier molecular flexibility index (Phi) is 6.83. The van der Waals surface area contributed by atoms with Gasteiger partial charge in [0, 0.05) is 13.1 Å². The summed E-state index contributed by atoms with van der Waals surface area (Å²) in [7, 11) is -2.00. The predicted molar refractivity (Wildman–Crippen MR) is 85.3 cm³/mol. The zero-order chi connectivity index (χ0) is 16.8. The molecule has 2 atom stereocenters. The highest BCUT2D eigenvalue weighted by atomic mass is 32.2. The molecule has 0 aliphatic heterocycles. The van der Waals surface area contributed by atoms with Crippen LogP contribution < -0.4 is 14.8 Å². The van der Waals surface area contributed by atoms with Crippen LogP contribution >= 0.6 is 0 Å². The first-order valence-electron chi connectivity index (χ1n) is 7.30. The highest BCUT2D eigenvalue weighted by molar-refractivity contribution is 7.89. The lowest BCUT2D eigenvalue weighted by Crippen LogP contribution is -2.33. The molecule has 0 saturated heterocycles. The molecule has 1 rings (SSSR count). The van der Waals surface area contributed by atoms with Gasteiger partial charge in [-0.2, -0.15) is 0 Å². The van der Waals surface area contributed by atoms with Gasteiger partial charge in [0.15, 0.2) is 6.10 Å². The smallest absolute Gasteiger partial charge is 0.260 e. The van der Waals surface area contributed by atoms with Gasteiger partial charge in [0.2, 0.25) is 10.0 Å². The first-order chi connectivity index (χ1) is 10.3. The van der Waals surface area contributed by atoms with Crippen molar-refractivity contribution in [2.45, 2.75) is 50.7 Å². The second-order valence-corrected chi connectivity index (χ2v) is 6.87. The Morgan fingerprint density at radius 2 is 1.82 bits per heavy atom. The maximum atomic E-state index is 12.2. The summed E-state index contributed by atoms with van der Waals surface area (Å²) < 4.78 is 32.4. The van der Waals surface area contributed by atoms with E-state index in [-0.39, 0.29) is 16.8 Å². The number of amides is 1. The molecule has 0 unspecified atom stereocenters. The summed E-state index contributed by atoms with van der Waals surface area (Å²) in [5.74, 6) is 0.198. The van der Waals surface area contributed by atoms with Crippen molar-refractivity contribution in [1.29, 1.82) is 0 Å². The van der Waals surface area contributed by atoms with E-state index in [1.165, 1.54) is 19.2 Å². The highest BCUT2D eigenvalue weighted by Gasteiger charge is 2.18. The molecule has 124 valence electrons. The third-order valence-corrected chi connectivity index (χ3v) is 4.75. The molecule has 1 aromatic rings. The lowest BCUT2D eigenvalue weighted by Gasteiger charge is -2.15. The van der Waals surface area contributed by atoms with Crippen LogP contribution in [0.15, 0.2) is 29.2 Å². The SMILES string of the molecule is CCC[C@@H](C)NS(=O)(=O)c1ccc(O[C@@H](C)C(=O)NC)cc1. The van der Waals surface area contributed by atoms with Crippen molar-refractivity contribution in [2.75, 3.05) is 7.05 Å². The number of sulfonamides is 1. The molecule has 0 saturated carbocycles. The van der Waals surface area contributed by atoms with Gasteiger partial charge in [-0.3, -0.25) is 4.79 Å². The number of carbonyl (C=O) groups is 1. The number of benzene rings is 1. The molecule has 0 aliphatic rings. The van der Waals surface area contributed by atoms with Crippen LogP contribution in [-0.4, -0.2) is 33.5 Å². The van der Waals surface area contributed by atoms with Gasteiger partial charge >= 0.3 is 0 Å². The molecule has 0 fully saturated rings. The summed E-state index contributed by atoms with van der Waals surface area (Å²) in [5.41, 5.74) is 0. The van der Waals surface area contributed by atoms with Gasteiger partial charge in [-0.1, -0.05) is 13.3 Å². The standard InChI is InChI=1S/C15H24N2O4S/c1-5-6-11(2)17-22(19,20)14-9-7-13(8-10-14)21-12(3)15(18)16-4/h7-12,17H,5-6H2,1-4H3,(H,16,18)/t11-,12+/m1/s1. The minimum Gasteiger partial charge on any atom is -0.481 e. The van der Waals surface area contributed by atoms with E-state index in [2.05, 4.69) is 10.0 Å². The summed E-state index contributed by atoms with van der Waals surface area (Å²) in [5, 5.41) is 2.48. The summed E-state index contributed by atoms with van der Waals surface area (Å²) >= 11 is 0. The van der Waals surface area contributed by atoms with Crippen LogP contribution in [0.25, 0.3) is 0 Å². The second kappa shape index (κ2) is 8.14. The van der Waals surface area contributed by atoms with Crippen molar-refractivity contribution >= 4 is 15.9 Å². The first-order valence-corrected chi connectivity index (χ1v) is 8.79. The second-order valence-electron chi connectivity index (χ2n) is 5.16. The van der Waals surface area contributed by atoms with E-state index in [0.717, 1.165) is 12.8 Å². The van der Waals surface area contributed by atoms with Crippen LogP contribution in [0, 0.1) is 0 Å². The third kappa shape index (κ3) is 5.31. The van der Waals surface area contributed by atoms with Crippen LogP contribution in [0.1, 0.15) is 33.6 Å². The molecule has 2 N–H and O–H groups in total. The lowest BCUT2D eigenvalue weighted by atomic mass is 10.2. The minimum absolute atomic E-state index is 0.112. The molecular formula is C15H24N2O4S. The number of ether oxygens (including phenoxy) is 1. The van der Waals surface area contributed by atoms with Crippen LogP contribution in [0.2, 0.25) is 0 Å². The fourth-order valence-electron chi connectivity index (χ4n) is 1.98. The third-order valence-electron chi connectivity index (χ3n) is 3.14. The Balaban J connectivity index is 2.77. The van der Waals surface area contributed by atoms with Crippen molar-refractivity contribution in [2.24, 2.45) is 0 Å². The average Bonchev–Trinajstić information content (AvgIpc) is 2.46. The predicted octanol–water partition coefficient (Wildman–Crippen LogP) is 1.67. The Morgan fingerprint density at radius 3 is 2.32 bits per heavy atom. The molecule has 0 spiro atoms. The molecule has 22 heavy (non-hydrogen) atoms. The van der Waals surface area contributed by atoms with Gasteiger partial charge in [0.25, 0.3) is 5.91 Å². The lowest BCUT2D eigenvalue weighted by molar-refractivity contribution is -0.126. The maximum absolute atomic E-state index is 12.2.